The van der Waals surface area contributed by atoms with Gasteiger partial charge in [-0.3, -0.25) is 4.79 Å². The molecule has 2 nitrogen and oxygen atoms in total. The summed E-state index contributed by atoms with van der Waals surface area (Å²) < 4.78 is 0. The van der Waals surface area contributed by atoms with Crippen molar-refractivity contribution >= 4 is 5.78 Å². The summed E-state index contributed by atoms with van der Waals surface area (Å²) in [6.07, 6.45) is 8.82. The highest BCUT2D eigenvalue weighted by Gasteiger charge is 2.61. The van der Waals surface area contributed by atoms with Gasteiger partial charge < -0.3 is 5.11 Å². The number of Topliss-reactive ketones (excluding diaryl/α,β-unsaturated/α-hetero) is 1. The molecule has 0 saturated heterocycles. The van der Waals surface area contributed by atoms with Gasteiger partial charge in [-0.15, -0.1) is 0 Å². The van der Waals surface area contributed by atoms with Gasteiger partial charge in [0.25, 0.3) is 0 Å². The van der Waals surface area contributed by atoms with Crippen LogP contribution < -0.4 is 0 Å². The molecule has 1 N–H and O–H groups in total. The first kappa shape index (κ1) is 13.3. The van der Waals surface area contributed by atoms with Crippen molar-refractivity contribution in [3.8, 4) is 0 Å². The van der Waals surface area contributed by atoms with Crippen LogP contribution in [0.15, 0.2) is 0 Å². The number of fused-ring (bicyclic) bond motifs is 5. The number of aliphatic hydroxyl groups is 1. The Morgan fingerprint density at radius 3 is 2.55 bits per heavy atom. The lowest BCUT2D eigenvalue weighted by Gasteiger charge is -2.56. The van der Waals surface area contributed by atoms with Gasteiger partial charge in [-0.05, 0) is 73.0 Å². The predicted octanol–water partition coefficient (Wildman–Crippen LogP) is 3.57. The Bertz CT molecular complexity index is 445. The molecule has 0 radical (unpaired) electrons. The molecule has 4 aliphatic carbocycles. The third kappa shape index (κ3) is 1.52. The minimum absolute atomic E-state index is 0.0795. The molecule has 112 valence electrons. The highest BCUT2D eigenvalue weighted by atomic mass is 16.3. The Kier molecular flexibility index (Phi) is 2.72. The number of carbonyl (C=O) groups excluding carboxylic acids is 1. The summed E-state index contributed by atoms with van der Waals surface area (Å²) in [4.78, 5) is 12.0. The van der Waals surface area contributed by atoms with E-state index in [2.05, 4.69) is 13.8 Å². The van der Waals surface area contributed by atoms with Gasteiger partial charge in [-0.1, -0.05) is 13.8 Å². The molecule has 0 unspecified atom stereocenters. The molecular formula is C18H28O2. The van der Waals surface area contributed by atoms with E-state index in [1.807, 2.05) is 0 Å². The van der Waals surface area contributed by atoms with E-state index in [0.29, 0.717) is 17.6 Å². The Morgan fingerprint density at radius 2 is 1.75 bits per heavy atom. The van der Waals surface area contributed by atoms with Crippen molar-refractivity contribution in [3.63, 3.8) is 0 Å². The molecule has 20 heavy (non-hydrogen) atoms. The highest BCUT2D eigenvalue weighted by molar-refractivity contribution is 5.82. The van der Waals surface area contributed by atoms with Crippen molar-refractivity contribution in [1.82, 2.24) is 0 Å². The minimum atomic E-state index is -0.0795. The molecule has 0 aromatic heterocycles. The van der Waals surface area contributed by atoms with Gasteiger partial charge in [0.15, 0.2) is 0 Å². The van der Waals surface area contributed by atoms with Gasteiger partial charge in [0.05, 0.1) is 6.10 Å². The van der Waals surface area contributed by atoms with Gasteiger partial charge in [0.2, 0.25) is 0 Å². The molecule has 4 rings (SSSR count). The van der Waals surface area contributed by atoms with Crippen molar-refractivity contribution in [2.24, 2.45) is 34.5 Å². The first-order valence-corrected chi connectivity index (χ1v) is 8.65. The summed E-state index contributed by atoms with van der Waals surface area (Å²) in [7, 11) is 0. The molecule has 0 heterocycles. The zero-order valence-electron chi connectivity index (χ0n) is 12.9. The number of ketones is 1. The Hall–Kier alpha value is -0.370. The first-order chi connectivity index (χ1) is 9.45. The molecule has 0 bridgehead atoms. The zero-order chi connectivity index (χ0) is 14.1. The lowest BCUT2D eigenvalue weighted by Crippen LogP contribution is -2.51. The first-order valence-electron chi connectivity index (χ1n) is 8.65. The van der Waals surface area contributed by atoms with Crippen LogP contribution in [0.5, 0.6) is 0 Å². The van der Waals surface area contributed by atoms with E-state index in [-0.39, 0.29) is 16.9 Å². The van der Waals surface area contributed by atoms with Gasteiger partial charge in [0, 0.05) is 12.8 Å². The van der Waals surface area contributed by atoms with E-state index in [1.54, 1.807) is 0 Å². The van der Waals surface area contributed by atoms with Gasteiger partial charge in [-0.2, -0.15) is 0 Å². The van der Waals surface area contributed by atoms with E-state index in [9.17, 15) is 9.90 Å². The molecule has 2 heteroatoms. The van der Waals surface area contributed by atoms with Crippen molar-refractivity contribution < 1.29 is 9.90 Å². The van der Waals surface area contributed by atoms with Crippen LogP contribution in [-0.2, 0) is 4.79 Å². The minimum Gasteiger partial charge on any atom is -0.393 e. The fraction of sp³-hybridized carbons (Fsp3) is 0.944. The number of hydrogen-bond acceptors (Lipinski definition) is 2. The Morgan fingerprint density at radius 1 is 1.00 bits per heavy atom. The molecule has 0 aliphatic heterocycles. The van der Waals surface area contributed by atoms with Crippen LogP contribution in [0.3, 0.4) is 0 Å². The molecule has 0 amide bonds. The van der Waals surface area contributed by atoms with Crippen molar-refractivity contribution in [2.45, 2.75) is 71.3 Å². The standard InChI is InChI=1S/C18H28O2/c1-17-8-7-15-13(14(17)5-6-16(17)20)4-3-11-9-12(19)10-18(11,15)2/h11,13-16,20H,3-10H2,1-2H3/t11-,13-,14-,15-,16-,17-,18-/m0/s1. The van der Waals surface area contributed by atoms with Crippen LogP contribution in [0, 0.1) is 34.5 Å². The SMILES string of the molecule is C[C@]12CC(=O)C[C@@H]1CC[C@@H]1[C@@H]2CC[C@]2(C)[C@@H](O)CC[C@@H]12. The summed E-state index contributed by atoms with van der Waals surface area (Å²) in [5.41, 5.74) is 0.460. The average Bonchev–Trinajstić information content (AvgIpc) is 2.86. The molecule has 0 aromatic carbocycles. The van der Waals surface area contributed by atoms with E-state index >= 15 is 0 Å². The number of rotatable bonds is 0. The zero-order valence-corrected chi connectivity index (χ0v) is 12.9. The molecule has 4 fully saturated rings. The molecule has 0 aromatic rings. The van der Waals surface area contributed by atoms with Crippen molar-refractivity contribution in [1.29, 1.82) is 0 Å². The van der Waals surface area contributed by atoms with E-state index in [4.69, 9.17) is 0 Å². The normalized spacial score (nSPS) is 58.1. The summed E-state index contributed by atoms with van der Waals surface area (Å²) in [5.74, 6) is 3.41. The maximum atomic E-state index is 12.0. The Balaban J connectivity index is 1.67. The number of hydrogen-bond donors (Lipinski definition) is 1. The summed E-state index contributed by atoms with van der Waals surface area (Å²) in [6, 6.07) is 0. The number of carbonyl (C=O) groups is 1. The smallest absolute Gasteiger partial charge is 0.133 e. The van der Waals surface area contributed by atoms with E-state index in [1.165, 1.54) is 32.1 Å². The number of aliphatic hydroxyl groups excluding tert-OH is 1. The van der Waals surface area contributed by atoms with Crippen LogP contribution in [0.2, 0.25) is 0 Å². The second kappa shape index (κ2) is 4.09. The topological polar surface area (TPSA) is 37.3 Å². The summed E-state index contributed by atoms with van der Waals surface area (Å²) in [5, 5.41) is 10.4. The van der Waals surface area contributed by atoms with E-state index in [0.717, 1.165) is 31.1 Å². The summed E-state index contributed by atoms with van der Waals surface area (Å²) >= 11 is 0. The fourth-order valence-electron chi connectivity index (χ4n) is 6.89. The third-order valence-corrected chi connectivity index (χ3v) is 8.07. The van der Waals surface area contributed by atoms with Crippen LogP contribution in [0.25, 0.3) is 0 Å². The van der Waals surface area contributed by atoms with Crippen molar-refractivity contribution in [2.75, 3.05) is 0 Å². The van der Waals surface area contributed by atoms with Crippen LogP contribution in [-0.4, -0.2) is 17.0 Å². The molecule has 4 saturated carbocycles. The Labute approximate surface area is 122 Å². The quantitative estimate of drug-likeness (QED) is 0.734. The third-order valence-electron chi connectivity index (χ3n) is 8.07. The molecule has 4 aliphatic rings. The van der Waals surface area contributed by atoms with Crippen LogP contribution >= 0.6 is 0 Å². The largest absolute Gasteiger partial charge is 0.393 e. The highest BCUT2D eigenvalue weighted by Crippen LogP contribution is 2.66. The molecular weight excluding hydrogens is 248 g/mol. The second-order valence-corrected chi connectivity index (χ2v) is 8.71. The van der Waals surface area contributed by atoms with Crippen molar-refractivity contribution in [3.05, 3.63) is 0 Å². The predicted molar refractivity (Wildman–Crippen MR) is 78.1 cm³/mol. The van der Waals surface area contributed by atoms with Gasteiger partial charge >= 0.3 is 0 Å². The maximum Gasteiger partial charge on any atom is 0.133 e. The monoisotopic (exact) mass is 276 g/mol. The fourth-order valence-corrected chi connectivity index (χ4v) is 6.89. The van der Waals surface area contributed by atoms with Crippen LogP contribution in [0.1, 0.15) is 65.2 Å². The van der Waals surface area contributed by atoms with Gasteiger partial charge in [0.1, 0.15) is 5.78 Å². The van der Waals surface area contributed by atoms with Crippen LogP contribution in [0.4, 0.5) is 0 Å². The summed E-state index contributed by atoms with van der Waals surface area (Å²) in [6.45, 7) is 4.74. The molecule has 0 spiro atoms. The lowest BCUT2D eigenvalue weighted by atomic mass is 9.48. The average molecular weight is 276 g/mol. The molecule has 7 atom stereocenters. The lowest BCUT2D eigenvalue weighted by molar-refractivity contribution is -0.119. The second-order valence-electron chi connectivity index (χ2n) is 8.71. The van der Waals surface area contributed by atoms with E-state index < -0.39 is 0 Å². The van der Waals surface area contributed by atoms with Gasteiger partial charge in [-0.25, -0.2) is 0 Å². The maximum absolute atomic E-state index is 12.0.